The zero-order valence-electron chi connectivity index (χ0n) is 42.1. The fourth-order valence-corrected chi connectivity index (χ4v) is 9.56. The Hall–Kier alpha value is -3.32. The molecule has 21 heteroatoms. The van der Waals surface area contributed by atoms with Crippen LogP contribution in [0.25, 0.3) is 0 Å². The van der Waals surface area contributed by atoms with Crippen molar-refractivity contribution in [2.45, 2.75) is 211 Å². The van der Waals surface area contributed by atoms with Gasteiger partial charge in [0.05, 0.1) is 19.3 Å². The molecule has 0 radical (unpaired) electrons. The molecule has 0 aliphatic carbocycles. The number of anilines is 1. The summed E-state index contributed by atoms with van der Waals surface area (Å²) in [6.07, 6.45) is 32.2. The van der Waals surface area contributed by atoms with Gasteiger partial charge in [0.2, 0.25) is 0 Å². The molecule has 1 fully saturated rings. The Labute approximate surface area is 421 Å². The predicted molar refractivity (Wildman–Crippen MR) is 272 cm³/mol. The molecule has 7 N–H and O–H groups in total. The van der Waals surface area contributed by atoms with E-state index in [2.05, 4.69) is 35.3 Å². The number of hydrogen-bond acceptors (Lipinski definition) is 16. The second-order valence-corrected chi connectivity index (χ2v) is 20.9. The molecule has 0 amide bonds. The maximum atomic E-state index is 12.8. The number of aliphatic hydroxyl groups is 3. The second-order valence-electron chi connectivity index (χ2n) is 17.9. The second kappa shape index (κ2) is 38.3. The van der Waals surface area contributed by atoms with Crippen molar-refractivity contribution in [2.75, 3.05) is 25.6 Å². The van der Waals surface area contributed by atoms with Gasteiger partial charge in [-0.15, -0.1) is 0 Å². The van der Waals surface area contributed by atoms with Crippen LogP contribution in [0.1, 0.15) is 181 Å². The van der Waals surface area contributed by atoms with Crippen LogP contribution in [-0.4, -0.2) is 96.9 Å². The molecule has 2 rings (SSSR count). The molecule has 1 aliphatic rings. The van der Waals surface area contributed by atoms with Crippen LogP contribution in [0.15, 0.2) is 65.7 Å². The quantitative estimate of drug-likeness (QED) is 0.0117. The summed E-state index contributed by atoms with van der Waals surface area (Å²) in [5, 5.41) is 31.1. The van der Waals surface area contributed by atoms with Crippen LogP contribution in [0.3, 0.4) is 0 Å². The predicted octanol–water partition coefficient (Wildman–Crippen LogP) is 9.53. The van der Waals surface area contributed by atoms with E-state index in [1.165, 1.54) is 89.5 Å². The number of phosphoric acid groups is 2. The van der Waals surface area contributed by atoms with Gasteiger partial charge in [-0.2, -0.15) is 9.29 Å². The van der Waals surface area contributed by atoms with Crippen molar-refractivity contribution >= 4 is 33.4 Å². The fourth-order valence-electron chi connectivity index (χ4n) is 7.45. The Morgan fingerprint density at radius 1 is 0.746 bits per heavy atom. The van der Waals surface area contributed by atoms with E-state index in [0.29, 0.717) is 25.7 Å². The van der Waals surface area contributed by atoms with Crippen LogP contribution in [0.2, 0.25) is 0 Å². The van der Waals surface area contributed by atoms with Gasteiger partial charge in [0.25, 0.3) is 0 Å². The maximum Gasteiger partial charge on any atom is 0.481 e. The van der Waals surface area contributed by atoms with Crippen molar-refractivity contribution in [1.29, 1.82) is 0 Å². The highest BCUT2D eigenvalue weighted by atomic mass is 31.3. The molecule has 0 aromatic carbocycles. The van der Waals surface area contributed by atoms with Gasteiger partial charge >= 0.3 is 33.3 Å². The van der Waals surface area contributed by atoms with Crippen molar-refractivity contribution in [3.05, 3.63) is 71.4 Å². The summed E-state index contributed by atoms with van der Waals surface area (Å²) in [4.78, 5) is 61.9. The minimum atomic E-state index is -5.45. The third-order valence-corrected chi connectivity index (χ3v) is 14.1. The number of unbranched alkanes of at least 4 members (excludes halogenated alkanes) is 18. The highest BCUT2D eigenvalue weighted by Gasteiger charge is 2.46. The Morgan fingerprint density at radius 3 is 1.97 bits per heavy atom. The van der Waals surface area contributed by atoms with Gasteiger partial charge in [-0.1, -0.05) is 165 Å². The molecule has 406 valence electrons. The molecule has 1 saturated heterocycles. The van der Waals surface area contributed by atoms with E-state index in [4.69, 9.17) is 29.0 Å². The third kappa shape index (κ3) is 31.1. The summed E-state index contributed by atoms with van der Waals surface area (Å²) in [5.74, 6) is -1.43. The van der Waals surface area contributed by atoms with E-state index < -0.39 is 89.8 Å². The Balaban J connectivity index is 1.85. The first-order valence-corrected chi connectivity index (χ1v) is 28.7. The summed E-state index contributed by atoms with van der Waals surface area (Å²) in [6, 6.07) is 1.24. The van der Waals surface area contributed by atoms with Crippen LogP contribution in [-0.2, 0) is 46.3 Å². The Morgan fingerprint density at radius 2 is 1.32 bits per heavy atom. The molecule has 0 spiro atoms. The normalized spacial score (nSPS) is 20.0. The highest BCUT2D eigenvalue weighted by Crippen LogP contribution is 2.60. The molecule has 8 atom stereocenters. The maximum absolute atomic E-state index is 12.8. The smallest absolute Gasteiger partial charge is 0.462 e. The topological polar surface area (TPSA) is 286 Å². The molecule has 3 unspecified atom stereocenters. The number of phosphoric ester groups is 2. The Kier molecular flexibility index (Phi) is 34.4. The van der Waals surface area contributed by atoms with Crippen molar-refractivity contribution in [2.24, 2.45) is 0 Å². The van der Waals surface area contributed by atoms with Crippen LogP contribution >= 0.6 is 15.6 Å². The van der Waals surface area contributed by atoms with Gasteiger partial charge in [-0.25, -0.2) is 13.9 Å². The van der Waals surface area contributed by atoms with Gasteiger partial charge in [-0.05, 0) is 51.0 Å². The summed E-state index contributed by atoms with van der Waals surface area (Å²) in [6.45, 7) is 1.99. The average molecular weight is 1050 g/mol. The zero-order chi connectivity index (χ0) is 52.2. The number of carbonyl (C=O) groups excluding carboxylic acids is 2. The Bertz CT molecular complexity index is 1890. The standard InChI is InChI=1S/C50H85N3O16P2/c1-3-5-7-9-11-13-14-15-16-17-18-20-22-26-30-34-45(55)64-38-42(67-46(56)35-31-27-23-25-29-33-41(54)32-28-24-21-19-12-10-8-6-4-2)39-65-70(60,61)69-71(62,63)66-40-43-47(57)48(58)49(68-43)53-37-36-44(51)52-50(53)59/h12,19,23-25,28-29,33,36-37,41-43,47-49,54,57-58H,3-11,13-18,20-22,26-27,30-32,34-35,38-40H2,1-2H3,(H,60,61)(H,62,63)(H2,51,52,59)/b19-12-,25-23+,28-24-,33-29-/t41?,42-,43-,47-,48-,49-/m1/s1. The van der Waals surface area contributed by atoms with Crippen molar-refractivity contribution < 1.29 is 71.4 Å². The summed E-state index contributed by atoms with van der Waals surface area (Å²) >= 11 is 0. The van der Waals surface area contributed by atoms with Gasteiger partial charge < -0.3 is 45.1 Å². The number of aromatic nitrogens is 2. The van der Waals surface area contributed by atoms with Crippen molar-refractivity contribution in [3.8, 4) is 0 Å². The number of nitrogens with two attached hydrogens (primary N) is 1. The third-order valence-electron chi connectivity index (χ3n) is 11.5. The number of carbonyl (C=O) groups is 2. The first-order valence-electron chi connectivity index (χ1n) is 25.8. The number of aliphatic hydroxyl groups excluding tert-OH is 3. The van der Waals surface area contributed by atoms with Gasteiger partial charge in [0.15, 0.2) is 12.3 Å². The minimum Gasteiger partial charge on any atom is -0.462 e. The number of nitrogens with zero attached hydrogens (tertiary/aromatic N) is 2. The molecule has 1 aromatic heterocycles. The van der Waals surface area contributed by atoms with Crippen LogP contribution in [0, 0.1) is 0 Å². The summed E-state index contributed by atoms with van der Waals surface area (Å²) < 4.78 is 56.7. The zero-order valence-corrected chi connectivity index (χ0v) is 43.9. The fraction of sp³-hybridized carbons (Fsp3) is 0.720. The molecule has 1 aromatic rings. The van der Waals surface area contributed by atoms with E-state index in [9.17, 15) is 48.6 Å². The van der Waals surface area contributed by atoms with Crippen LogP contribution < -0.4 is 11.4 Å². The van der Waals surface area contributed by atoms with Crippen molar-refractivity contribution in [3.63, 3.8) is 0 Å². The van der Waals surface area contributed by atoms with E-state index in [-0.39, 0.29) is 18.7 Å². The molecule has 0 saturated carbocycles. The lowest BCUT2D eigenvalue weighted by atomic mass is 10.0. The average Bonchev–Trinajstić information content (AvgIpc) is 3.60. The van der Waals surface area contributed by atoms with Crippen LogP contribution in [0.5, 0.6) is 0 Å². The van der Waals surface area contributed by atoms with E-state index in [1.807, 2.05) is 18.2 Å². The molecule has 0 bridgehead atoms. The van der Waals surface area contributed by atoms with Crippen LogP contribution in [0.4, 0.5) is 5.82 Å². The SMILES string of the molecule is CCCCC/C=C\C/C=C\CC(O)/C=C\C=C\CCCC(=O)O[C@H](COC(=O)CCCCCCCCCCCCCCCCC)COP(=O)(O)OP(=O)(O)OC[C@H]1O[C@@H](n2ccc(N)nc2=O)[C@H](O)[C@@H]1O. The van der Waals surface area contributed by atoms with E-state index in [0.717, 1.165) is 49.3 Å². The molecule has 2 heterocycles. The molecule has 1 aliphatic heterocycles. The van der Waals surface area contributed by atoms with Gasteiger partial charge in [0, 0.05) is 19.0 Å². The first kappa shape index (κ1) is 63.8. The molecule has 71 heavy (non-hydrogen) atoms. The number of hydrogen-bond donors (Lipinski definition) is 6. The van der Waals surface area contributed by atoms with E-state index in [1.54, 1.807) is 18.2 Å². The van der Waals surface area contributed by atoms with Gasteiger partial charge in [-0.3, -0.25) is 23.2 Å². The van der Waals surface area contributed by atoms with E-state index >= 15 is 0 Å². The summed E-state index contributed by atoms with van der Waals surface area (Å²) in [5.41, 5.74) is 4.57. The number of ether oxygens (including phenoxy) is 3. The molecular weight excluding hydrogens is 961 g/mol. The molecule has 19 nitrogen and oxygen atoms in total. The number of allylic oxidation sites excluding steroid dienone is 6. The number of rotatable bonds is 42. The largest absolute Gasteiger partial charge is 0.481 e. The number of nitrogen functional groups attached to an aromatic ring is 1. The first-order chi connectivity index (χ1) is 34.1. The monoisotopic (exact) mass is 1050 g/mol. The lowest BCUT2D eigenvalue weighted by Gasteiger charge is -2.21. The van der Waals surface area contributed by atoms with Crippen molar-refractivity contribution in [1.82, 2.24) is 9.55 Å². The lowest BCUT2D eigenvalue weighted by molar-refractivity contribution is -0.161. The number of esters is 2. The summed E-state index contributed by atoms with van der Waals surface area (Å²) in [7, 11) is -10.9. The highest BCUT2D eigenvalue weighted by molar-refractivity contribution is 7.61. The minimum absolute atomic E-state index is 0.0841. The molecular formula is C50H85N3O16P2. The lowest BCUT2D eigenvalue weighted by Crippen LogP contribution is -2.36. The van der Waals surface area contributed by atoms with Gasteiger partial charge in [0.1, 0.15) is 30.7 Å².